The molecule has 0 aromatic rings. The summed E-state index contributed by atoms with van der Waals surface area (Å²) in [6, 6.07) is 0. The van der Waals surface area contributed by atoms with Crippen LogP contribution >= 0.6 is 34.8 Å². The minimum atomic E-state index is -1.60. The third-order valence-corrected chi connectivity index (χ3v) is 3.25. The number of esters is 1. The van der Waals surface area contributed by atoms with Gasteiger partial charge in [0.25, 0.3) is 0 Å². The minimum absolute atomic E-state index is 0.0389. The van der Waals surface area contributed by atoms with Crippen molar-refractivity contribution in [3.8, 4) is 0 Å². The third-order valence-electron chi connectivity index (χ3n) is 2.92. The maximum Gasteiger partial charge on any atom is 0.306 e. The molecule has 0 atom stereocenters. The van der Waals surface area contributed by atoms with Gasteiger partial charge in [0.1, 0.15) is 12.3 Å². The molecule has 0 bridgehead atoms. The Balaban J connectivity index is 2.23. The largest absolute Gasteiger partial charge is 0.461 e. The summed E-state index contributed by atoms with van der Waals surface area (Å²) < 4.78 is 17.3. The van der Waals surface area contributed by atoms with Crippen LogP contribution in [0, 0.1) is 0 Å². The summed E-state index contributed by atoms with van der Waals surface area (Å²) in [6.45, 7) is -0.296. The van der Waals surface area contributed by atoms with Gasteiger partial charge >= 0.3 is 5.97 Å². The number of carbonyl (C=O) groups excluding carboxylic acids is 1. The second-order valence-electron chi connectivity index (χ2n) is 4.49. The van der Waals surface area contributed by atoms with Crippen LogP contribution in [0.5, 0.6) is 0 Å². The SMILES string of the molecule is O=C(CCC1(F)CCCCC1)OCC(Cl)(Cl)Cl. The Kier molecular flexibility index (Phi) is 5.81. The fraction of sp³-hybridized carbons (Fsp3) is 0.909. The quantitative estimate of drug-likeness (QED) is 0.570. The molecule has 0 aromatic heterocycles. The highest BCUT2D eigenvalue weighted by atomic mass is 35.6. The van der Waals surface area contributed by atoms with E-state index < -0.39 is 15.4 Å². The molecule has 1 fully saturated rings. The first-order chi connectivity index (χ1) is 7.81. The Labute approximate surface area is 116 Å². The zero-order chi connectivity index (χ0) is 12.9. The third kappa shape index (κ3) is 6.68. The highest BCUT2D eigenvalue weighted by Crippen LogP contribution is 2.35. The second-order valence-corrected chi connectivity index (χ2v) is 7.00. The van der Waals surface area contributed by atoms with Gasteiger partial charge in [-0.1, -0.05) is 54.1 Å². The molecule has 0 radical (unpaired) electrons. The predicted octanol–water partition coefficient (Wildman–Crippen LogP) is 4.35. The summed E-state index contributed by atoms with van der Waals surface area (Å²) in [7, 11) is 0. The van der Waals surface area contributed by atoms with Gasteiger partial charge < -0.3 is 4.74 Å². The Morgan fingerprint density at radius 2 is 1.82 bits per heavy atom. The fourth-order valence-corrected chi connectivity index (χ4v) is 2.16. The van der Waals surface area contributed by atoms with E-state index in [0.717, 1.165) is 19.3 Å². The smallest absolute Gasteiger partial charge is 0.306 e. The number of carbonyl (C=O) groups is 1. The first kappa shape index (κ1) is 15.3. The van der Waals surface area contributed by atoms with Crippen LogP contribution in [0.25, 0.3) is 0 Å². The van der Waals surface area contributed by atoms with Gasteiger partial charge in [-0.3, -0.25) is 4.79 Å². The van der Waals surface area contributed by atoms with Crippen molar-refractivity contribution in [3.05, 3.63) is 0 Å². The van der Waals surface area contributed by atoms with Gasteiger partial charge in [-0.05, 0) is 19.3 Å². The maximum absolute atomic E-state index is 14.1. The Hall–Kier alpha value is 0.270. The summed E-state index contributed by atoms with van der Waals surface area (Å²) in [5, 5.41) is 0. The molecule has 0 spiro atoms. The van der Waals surface area contributed by atoms with Gasteiger partial charge in [-0.15, -0.1) is 0 Å². The number of ether oxygens (including phenoxy) is 1. The zero-order valence-electron chi connectivity index (χ0n) is 9.49. The monoisotopic (exact) mass is 304 g/mol. The van der Waals surface area contributed by atoms with Crippen molar-refractivity contribution >= 4 is 40.8 Å². The molecule has 1 aliphatic rings. The van der Waals surface area contributed by atoms with Crippen molar-refractivity contribution in [2.45, 2.75) is 54.4 Å². The van der Waals surface area contributed by atoms with E-state index in [4.69, 9.17) is 39.5 Å². The van der Waals surface area contributed by atoms with E-state index in [1.807, 2.05) is 0 Å². The van der Waals surface area contributed by atoms with Gasteiger partial charge in [0.15, 0.2) is 0 Å². The lowest BCUT2D eigenvalue weighted by Crippen LogP contribution is -2.27. The lowest BCUT2D eigenvalue weighted by atomic mass is 9.83. The lowest BCUT2D eigenvalue weighted by molar-refractivity contribution is -0.144. The van der Waals surface area contributed by atoms with Crippen molar-refractivity contribution < 1.29 is 13.9 Å². The molecular weight excluding hydrogens is 289 g/mol. The molecule has 1 rings (SSSR count). The number of hydrogen-bond acceptors (Lipinski definition) is 2. The molecule has 0 aromatic carbocycles. The van der Waals surface area contributed by atoms with E-state index in [1.54, 1.807) is 0 Å². The van der Waals surface area contributed by atoms with Gasteiger partial charge in [0.2, 0.25) is 3.79 Å². The van der Waals surface area contributed by atoms with E-state index in [1.165, 1.54) is 0 Å². The average molecular weight is 306 g/mol. The first-order valence-corrected chi connectivity index (χ1v) is 6.85. The molecule has 2 nitrogen and oxygen atoms in total. The number of hydrogen-bond donors (Lipinski definition) is 0. The van der Waals surface area contributed by atoms with E-state index in [-0.39, 0.29) is 19.4 Å². The lowest BCUT2D eigenvalue weighted by Gasteiger charge is -2.29. The molecule has 0 N–H and O–H groups in total. The molecule has 0 heterocycles. The van der Waals surface area contributed by atoms with E-state index in [9.17, 15) is 9.18 Å². The van der Waals surface area contributed by atoms with Crippen molar-refractivity contribution in [2.24, 2.45) is 0 Å². The molecule has 0 aliphatic heterocycles. The summed E-state index contributed by atoms with van der Waals surface area (Å²) in [4.78, 5) is 11.3. The molecule has 1 saturated carbocycles. The molecule has 0 unspecified atom stereocenters. The van der Waals surface area contributed by atoms with Gasteiger partial charge in [0, 0.05) is 6.42 Å². The van der Waals surface area contributed by atoms with Crippen LogP contribution in [0.1, 0.15) is 44.9 Å². The molecular formula is C11H16Cl3FO2. The van der Waals surface area contributed by atoms with Crippen molar-refractivity contribution in [3.63, 3.8) is 0 Å². The van der Waals surface area contributed by atoms with Crippen molar-refractivity contribution in [1.29, 1.82) is 0 Å². The van der Waals surface area contributed by atoms with Crippen molar-refractivity contribution in [2.75, 3.05) is 6.61 Å². The van der Waals surface area contributed by atoms with E-state index in [2.05, 4.69) is 0 Å². The van der Waals surface area contributed by atoms with Crippen LogP contribution in [-0.2, 0) is 9.53 Å². The highest BCUT2D eigenvalue weighted by Gasteiger charge is 2.32. The predicted molar refractivity (Wildman–Crippen MR) is 67.4 cm³/mol. The first-order valence-electron chi connectivity index (χ1n) is 5.72. The van der Waals surface area contributed by atoms with Crippen LogP contribution in [0.15, 0.2) is 0 Å². The highest BCUT2D eigenvalue weighted by molar-refractivity contribution is 6.67. The molecule has 6 heteroatoms. The zero-order valence-corrected chi connectivity index (χ0v) is 11.8. The molecule has 100 valence electrons. The van der Waals surface area contributed by atoms with E-state index in [0.29, 0.717) is 12.8 Å². The van der Waals surface area contributed by atoms with Crippen LogP contribution in [0.2, 0.25) is 0 Å². The van der Waals surface area contributed by atoms with Gasteiger partial charge in [-0.2, -0.15) is 0 Å². The average Bonchev–Trinajstić information content (AvgIpc) is 2.24. The Bertz CT molecular complexity index is 260. The molecule has 0 amide bonds. The standard InChI is InChI=1S/C11H16Cl3FO2/c12-11(13,14)8-17-9(16)4-7-10(15)5-2-1-3-6-10/h1-8H2. The minimum Gasteiger partial charge on any atom is -0.461 e. The topological polar surface area (TPSA) is 26.3 Å². The number of rotatable bonds is 4. The van der Waals surface area contributed by atoms with Crippen LogP contribution in [-0.4, -0.2) is 22.0 Å². The maximum atomic E-state index is 14.1. The normalized spacial score (nSPS) is 20.0. The summed E-state index contributed by atoms with van der Waals surface area (Å²) >= 11 is 16.3. The van der Waals surface area contributed by atoms with Crippen LogP contribution in [0.4, 0.5) is 4.39 Å². The van der Waals surface area contributed by atoms with Gasteiger partial charge in [0.05, 0.1) is 0 Å². The summed E-state index contributed by atoms with van der Waals surface area (Å²) in [5.41, 5.74) is -1.21. The molecule has 1 aliphatic carbocycles. The molecule has 0 saturated heterocycles. The second kappa shape index (κ2) is 6.44. The number of halogens is 4. The fourth-order valence-electron chi connectivity index (χ4n) is 2.00. The Morgan fingerprint density at radius 3 is 2.35 bits per heavy atom. The molecule has 17 heavy (non-hydrogen) atoms. The summed E-state index contributed by atoms with van der Waals surface area (Å²) in [6.07, 6.45) is 4.15. The Morgan fingerprint density at radius 1 is 1.24 bits per heavy atom. The van der Waals surface area contributed by atoms with E-state index >= 15 is 0 Å². The van der Waals surface area contributed by atoms with Crippen molar-refractivity contribution in [1.82, 2.24) is 0 Å². The van der Waals surface area contributed by atoms with Gasteiger partial charge in [-0.25, -0.2) is 4.39 Å². The number of alkyl halides is 4. The van der Waals surface area contributed by atoms with Crippen LogP contribution in [0.3, 0.4) is 0 Å². The van der Waals surface area contributed by atoms with Crippen LogP contribution < -0.4 is 0 Å². The summed E-state index contributed by atoms with van der Waals surface area (Å²) in [5.74, 6) is -0.515.